The molecule has 0 rings (SSSR count). The van der Waals surface area contributed by atoms with E-state index in [1.54, 1.807) is 0 Å². The zero-order valence-electron chi connectivity index (χ0n) is 7.78. The number of hydrogen-bond acceptors (Lipinski definition) is 2. The Morgan fingerprint density at radius 2 is 1.00 bits per heavy atom. The molecule has 0 aromatic rings. The number of rotatable bonds is 3. The molecule has 0 unspecified atom stereocenters. The second kappa shape index (κ2) is 4.89. The first-order valence-corrected chi connectivity index (χ1v) is 4.61. The van der Waals surface area contributed by atoms with Crippen LogP contribution in [0.5, 0.6) is 0 Å². The Kier molecular flexibility index (Phi) is 5.55. The maximum atomic E-state index is 12.2. The summed E-state index contributed by atoms with van der Waals surface area (Å²) in [5.74, 6) is -14.7. The van der Waals surface area contributed by atoms with Crippen molar-refractivity contribution in [3.8, 4) is 0 Å². The first kappa shape index (κ1) is 20.4. The van der Waals surface area contributed by atoms with Crippen molar-refractivity contribution in [3.63, 3.8) is 0 Å². The Bertz CT molecular complexity index is 399. The third-order valence-electron chi connectivity index (χ3n) is 1.44. The van der Waals surface area contributed by atoms with Gasteiger partial charge in [0, 0.05) is 0 Å². The summed E-state index contributed by atoms with van der Waals surface area (Å²) < 4.78 is 134. The fourth-order valence-corrected chi connectivity index (χ4v) is 0.975. The van der Waals surface area contributed by atoms with E-state index in [9.17, 15) is 47.9 Å². The van der Waals surface area contributed by atoms with Crippen LogP contribution in [0.2, 0.25) is 0 Å². The number of alkyl halides is 9. The molecule has 0 aromatic heterocycles. The van der Waals surface area contributed by atoms with Gasteiger partial charge in [0.05, 0.1) is 0 Å². The van der Waals surface area contributed by atoms with Crippen LogP contribution in [-0.4, -0.2) is 60.7 Å². The second-order valence-corrected chi connectivity index (χ2v) is 4.10. The molecule has 0 fully saturated rings. The number of halogens is 9. The molecule has 14 heteroatoms. The molecule has 0 bridgehead atoms. The van der Waals surface area contributed by atoms with E-state index in [4.69, 9.17) is 4.55 Å². The summed E-state index contributed by atoms with van der Waals surface area (Å²) in [6.07, 6.45) is -7.13. The van der Waals surface area contributed by atoms with Crippen LogP contribution in [0.3, 0.4) is 0 Å². The van der Waals surface area contributed by atoms with Crippen molar-refractivity contribution in [2.75, 3.05) is 0 Å². The minimum atomic E-state index is -7.37. The predicted molar refractivity (Wildman–Crippen MR) is 42.4 cm³/mol. The summed E-state index contributed by atoms with van der Waals surface area (Å²) in [4.78, 5) is 0. The molecular weight excluding hydrogens is 421 g/mol. The average molecular weight is 425 g/mol. The molecule has 0 aliphatic carbocycles. The summed E-state index contributed by atoms with van der Waals surface area (Å²) >= 11 is 0. The van der Waals surface area contributed by atoms with Gasteiger partial charge in [0.1, 0.15) is 0 Å². The summed E-state index contributed by atoms with van der Waals surface area (Å²) in [5, 5.41) is -7.00. The van der Waals surface area contributed by atoms with Crippen LogP contribution in [0.1, 0.15) is 0 Å². The molecule has 0 saturated heterocycles. The van der Waals surface area contributed by atoms with Crippen molar-refractivity contribution >= 4 is 34.5 Å². The van der Waals surface area contributed by atoms with Crippen molar-refractivity contribution in [1.82, 2.24) is 0 Å². The molecule has 0 radical (unpaired) electrons. The van der Waals surface area contributed by atoms with Gasteiger partial charge >= 0.3 is 57.8 Å². The van der Waals surface area contributed by atoms with Gasteiger partial charge in [-0.3, -0.25) is 4.55 Å². The normalized spacial score (nSPS) is 15.2. The maximum absolute atomic E-state index is 12.2. The van der Waals surface area contributed by atoms with E-state index in [0.717, 1.165) is 0 Å². The van der Waals surface area contributed by atoms with Gasteiger partial charge in [-0.1, -0.05) is 0 Å². The summed E-state index contributed by atoms with van der Waals surface area (Å²) in [5.41, 5.74) is 0. The fraction of sp³-hybridized carbons (Fsp3) is 1.00. The summed E-state index contributed by atoms with van der Waals surface area (Å²) in [6, 6.07) is 0. The summed E-state index contributed by atoms with van der Waals surface area (Å²) in [6.45, 7) is 0. The molecule has 1 N–H and O–H groups in total. The Balaban J connectivity index is 0. The van der Waals surface area contributed by atoms with Crippen molar-refractivity contribution in [1.29, 1.82) is 0 Å². The molecule has 0 atom stereocenters. The Morgan fingerprint density at radius 3 is 1.17 bits per heavy atom. The number of hydrogen-bond donors (Lipinski definition) is 1. The van der Waals surface area contributed by atoms with Crippen molar-refractivity contribution in [3.05, 3.63) is 0 Å². The van der Waals surface area contributed by atoms with Gasteiger partial charge in [0.2, 0.25) is 0 Å². The second-order valence-electron chi connectivity index (χ2n) is 2.64. The van der Waals surface area contributed by atoms with Gasteiger partial charge in [0.25, 0.3) is 0 Å². The molecule has 0 saturated carbocycles. The average Bonchev–Trinajstić information content (AvgIpc) is 1.98. The molecule has 0 aromatic carbocycles. The monoisotopic (exact) mass is 424 g/mol. The molecule has 18 heavy (non-hydrogen) atoms. The third-order valence-corrected chi connectivity index (χ3v) is 2.34. The molecular formula is C4H4F9O3SSb. The summed E-state index contributed by atoms with van der Waals surface area (Å²) in [7, 11) is -7.17. The molecule has 0 spiro atoms. The fourth-order valence-electron chi connectivity index (χ4n) is 0.523. The molecule has 0 amide bonds. The van der Waals surface area contributed by atoms with Crippen LogP contribution in [0.25, 0.3) is 0 Å². The Hall–Kier alpha value is 0.0982. The van der Waals surface area contributed by atoms with Crippen molar-refractivity contribution in [2.24, 2.45) is 0 Å². The van der Waals surface area contributed by atoms with Crippen LogP contribution in [0, 0.1) is 0 Å². The first-order chi connectivity index (χ1) is 7.00. The van der Waals surface area contributed by atoms with Crippen LogP contribution >= 0.6 is 0 Å². The zero-order chi connectivity index (χ0) is 14.5. The molecule has 0 aliphatic rings. The van der Waals surface area contributed by atoms with Gasteiger partial charge in [0.15, 0.2) is 0 Å². The SMILES string of the molecule is O=S(=O)(O)C(F)(F)C(F)(F)C(F)(F)C(F)(F)F.[SbH3]. The van der Waals surface area contributed by atoms with E-state index in [1.807, 2.05) is 0 Å². The van der Waals surface area contributed by atoms with E-state index in [-0.39, 0.29) is 24.4 Å². The van der Waals surface area contributed by atoms with E-state index in [0.29, 0.717) is 0 Å². The van der Waals surface area contributed by atoms with Gasteiger partial charge in [-0.2, -0.15) is 47.9 Å². The van der Waals surface area contributed by atoms with Gasteiger partial charge < -0.3 is 0 Å². The molecule has 0 aliphatic heterocycles. The Morgan fingerprint density at radius 1 is 0.722 bits per heavy atom. The zero-order valence-corrected chi connectivity index (χ0v) is 12.6. The van der Waals surface area contributed by atoms with Crippen LogP contribution < -0.4 is 0 Å². The van der Waals surface area contributed by atoms with Gasteiger partial charge in [-0.25, -0.2) is 0 Å². The van der Waals surface area contributed by atoms with E-state index >= 15 is 0 Å². The predicted octanol–water partition coefficient (Wildman–Crippen LogP) is 1.12. The van der Waals surface area contributed by atoms with Crippen LogP contribution in [0.4, 0.5) is 39.5 Å². The first-order valence-electron chi connectivity index (χ1n) is 3.17. The molecule has 0 heterocycles. The standard InChI is InChI=1S/C4HF9O3S.Sb.3H/c5-1(6,3(9,10)11)2(7,8)4(12,13)17(14,15)16;;;;/h(H,14,15,16);;;;. The van der Waals surface area contributed by atoms with Crippen LogP contribution in [-0.2, 0) is 10.1 Å². The molecule has 112 valence electrons. The van der Waals surface area contributed by atoms with Crippen molar-refractivity contribution < 1.29 is 52.5 Å². The quantitative estimate of drug-likeness (QED) is 0.419. The topological polar surface area (TPSA) is 54.4 Å². The van der Waals surface area contributed by atoms with Gasteiger partial charge in [-0.15, -0.1) is 0 Å². The van der Waals surface area contributed by atoms with Gasteiger partial charge in [-0.05, 0) is 0 Å². The minimum absolute atomic E-state index is 0. The van der Waals surface area contributed by atoms with Crippen molar-refractivity contribution in [2.45, 2.75) is 23.3 Å². The van der Waals surface area contributed by atoms with E-state index in [2.05, 4.69) is 0 Å². The van der Waals surface area contributed by atoms with E-state index in [1.165, 1.54) is 0 Å². The molecule has 3 nitrogen and oxygen atoms in total. The Labute approximate surface area is 111 Å². The van der Waals surface area contributed by atoms with Crippen LogP contribution in [0.15, 0.2) is 0 Å². The van der Waals surface area contributed by atoms with E-state index < -0.39 is 33.4 Å². The third kappa shape index (κ3) is 2.82.